The molecule has 0 aliphatic carbocycles. The van der Waals surface area contributed by atoms with Gasteiger partial charge in [-0.05, 0) is 47.2 Å². The SMILES string of the molecule is O=C(CNc1ccc(C(=O)N2CCOCC2)cc1)Nc1ccc2ccccc2c1. The maximum Gasteiger partial charge on any atom is 0.254 e. The van der Waals surface area contributed by atoms with Crippen molar-refractivity contribution in [1.82, 2.24) is 4.90 Å². The van der Waals surface area contributed by atoms with Gasteiger partial charge in [-0.1, -0.05) is 30.3 Å². The first-order chi connectivity index (χ1) is 14.2. The normalized spacial score (nSPS) is 13.9. The van der Waals surface area contributed by atoms with Crippen LogP contribution in [0.4, 0.5) is 11.4 Å². The predicted molar refractivity (Wildman–Crippen MR) is 114 cm³/mol. The van der Waals surface area contributed by atoms with Crippen LogP contribution in [0.15, 0.2) is 66.7 Å². The number of hydrogen-bond donors (Lipinski definition) is 2. The molecule has 1 heterocycles. The fraction of sp³-hybridized carbons (Fsp3) is 0.217. The Morgan fingerprint density at radius 1 is 0.862 bits per heavy atom. The van der Waals surface area contributed by atoms with Crippen molar-refractivity contribution in [2.24, 2.45) is 0 Å². The Balaban J connectivity index is 1.31. The van der Waals surface area contributed by atoms with Gasteiger partial charge in [-0.2, -0.15) is 0 Å². The number of rotatable bonds is 5. The number of benzene rings is 3. The molecule has 0 radical (unpaired) electrons. The Hall–Kier alpha value is -3.38. The number of carbonyl (C=O) groups is 2. The van der Waals surface area contributed by atoms with Gasteiger partial charge in [0.15, 0.2) is 0 Å². The first-order valence-corrected chi connectivity index (χ1v) is 9.69. The van der Waals surface area contributed by atoms with E-state index < -0.39 is 0 Å². The van der Waals surface area contributed by atoms with Crippen molar-refractivity contribution in [2.75, 3.05) is 43.5 Å². The Labute approximate surface area is 169 Å². The number of fused-ring (bicyclic) bond motifs is 1. The third-order valence-corrected chi connectivity index (χ3v) is 4.92. The summed E-state index contributed by atoms with van der Waals surface area (Å²) in [7, 11) is 0. The Morgan fingerprint density at radius 2 is 1.55 bits per heavy atom. The van der Waals surface area contributed by atoms with E-state index in [-0.39, 0.29) is 18.4 Å². The number of amides is 2. The second-order valence-corrected chi connectivity index (χ2v) is 6.95. The molecule has 2 amide bonds. The summed E-state index contributed by atoms with van der Waals surface area (Å²) in [6.07, 6.45) is 0. The van der Waals surface area contributed by atoms with Crippen molar-refractivity contribution in [3.8, 4) is 0 Å². The fourth-order valence-corrected chi connectivity index (χ4v) is 3.33. The summed E-state index contributed by atoms with van der Waals surface area (Å²) in [5, 5.41) is 8.21. The van der Waals surface area contributed by atoms with Gasteiger partial charge in [0.05, 0.1) is 19.8 Å². The molecule has 1 saturated heterocycles. The van der Waals surface area contributed by atoms with Crippen LogP contribution >= 0.6 is 0 Å². The average Bonchev–Trinajstić information content (AvgIpc) is 2.78. The number of nitrogens with zero attached hydrogens (tertiary/aromatic N) is 1. The zero-order valence-corrected chi connectivity index (χ0v) is 16.1. The maximum atomic E-state index is 12.5. The highest BCUT2D eigenvalue weighted by molar-refractivity contribution is 5.97. The summed E-state index contributed by atoms with van der Waals surface area (Å²) >= 11 is 0. The Bertz CT molecular complexity index is 1010. The highest BCUT2D eigenvalue weighted by Crippen LogP contribution is 2.19. The van der Waals surface area contributed by atoms with Crippen LogP contribution in [0.1, 0.15) is 10.4 Å². The van der Waals surface area contributed by atoms with Crippen LogP contribution in [0.2, 0.25) is 0 Å². The van der Waals surface area contributed by atoms with E-state index in [9.17, 15) is 9.59 Å². The van der Waals surface area contributed by atoms with Gasteiger partial charge in [0.2, 0.25) is 5.91 Å². The minimum absolute atomic E-state index is 0.00824. The van der Waals surface area contributed by atoms with E-state index in [1.165, 1.54) is 0 Å². The third kappa shape index (κ3) is 4.73. The van der Waals surface area contributed by atoms with E-state index in [1.54, 1.807) is 17.0 Å². The minimum atomic E-state index is -0.131. The zero-order chi connectivity index (χ0) is 20.1. The second kappa shape index (κ2) is 8.75. The van der Waals surface area contributed by atoms with Gasteiger partial charge in [-0.3, -0.25) is 9.59 Å². The molecule has 2 N–H and O–H groups in total. The minimum Gasteiger partial charge on any atom is -0.378 e. The van der Waals surface area contributed by atoms with Crippen LogP contribution in [0.25, 0.3) is 10.8 Å². The first-order valence-electron chi connectivity index (χ1n) is 9.69. The van der Waals surface area contributed by atoms with Gasteiger partial charge in [-0.15, -0.1) is 0 Å². The quantitative estimate of drug-likeness (QED) is 0.702. The molecule has 0 saturated carbocycles. The molecule has 148 valence electrons. The molecule has 0 atom stereocenters. The predicted octanol–water partition coefficient (Wildman–Crippen LogP) is 3.36. The van der Waals surface area contributed by atoms with Crippen molar-refractivity contribution in [3.05, 3.63) is 72.3 Å². The van der Waals surface area contributed by atoms with Gasteiger partial charge in [-0.25, -0.2) is 0 Å². The monoisotopic (exact) mass is 389 g/mol. The highest BCUT2D eigenvalue weighted by atomic mass is 16.5. The van der Waals surface area contributed by atoms with Crippen LogP contribution in [-0.2, 0) is 9.53 Å². The molecule has 1 aliphatic rings. The van der Waals surface area contributed by atoms with E-state index in [0.717, 1.165) is 22.1 Å². The van der Waals surface area contributed by atoms with E-state index in [0.29, 0.717) is 31.9 Å². The van der Waals surface area contributed by atoms with E-state index in [1.807, 2.05) is 54.6 Å². The summed E-state index contributed by atoms with van der Waals surface area (Å²) in [5.74, 6) is -0.123. The van der Waals surface area contributed by atoms with Crippen LogP contribution < -0.4 is 10.6 Å². The lowest BCUT2D eigenvalue weighted by Gasteiger charge is -2.26. The van der Waals surface area contributed by atoms with Crippen molar-refractivity contribution in [3.63, 3.8) is 0 Å². The van der Waals surface area contributed by atoms with Crippen LogP contribution in [-0.4, -0.2) is 49.6 Å². The molecule has 6 nitrogen and oxygen atoms in total. The second-order valence-electron chi connectivity index (χ2n) is 6.95. The van der Waals surface area contributed by atoms with Gasteiger partial charge in [0.1, 0.15) is 0 Å². The molecule has 0 unspecified atom stereocenters. The number of morpholine rings is 1. The molecule has 6 heteroatoms. The zero-order valence-electron chi connectivity index (χ0n) is 16.1. The summed E-state index contributed by atoms with van der Waals surface area (Å²) in [6.45, 7) is 2.54. The lowest BCUT2D eigenvalue weighted by atomic mass is 10.1. The largest absolute Gasteiger partial charge is 0.378 e. The topological polar surface area (TPSA) is 70.7 Å². The summed E-state index contributed by atoms with van der Waals surface area (Å²) in [6, 6.07) is 21.1. The number of nitrogens with one attached hydrogen (secondary N) is 2. The molecule has 3 aromatic rings. The highest BCUT2D eigenvalue weighted by Gasteiger charge is 2.18. The van der Waals surface area contributed by atoms with Crippen molar-refractivity contribution in [1.29, 1.82) is 0 Å². The number of ether oxygens (including phenoxy) is 1. The summed E-state index contributed by atoms with van der Waals surface area (Å²) in [4.78, 5) is 26.5. The van der Waals surface area contributed by atoms with E-state index >= 15 is 0 Å². The van der Waals surface area contributed by atoms with Crippen molar-refractivity contribution in [2.45, 2.75) is 0 Å². The van der Waals surface area contributed by atoms with Crippen LogP contribution in [0, 0.1) is 0 Å². The molecule has 0 spiro atoms. The van der Waals surface area contributed by atoms with E-state index in [4.69, 9.17) is 4.74 Å². The lowest BCUT2D eigenvalue weighted by molar-refractivity contribution is -0.114. The standard InChI is InChI=1S/C23H23N3O3/c27-22(25-21-10-5-17-3-1-2-4-19(17)15-21)16-24-20-8-6-18(7-9-20)23(28)26-11-13-29-14-12-26/h1-10,15,24H,11-14,16H2,(H,25,27). The van der Waals surface area contributed by atoms with Gasteiger partial charge < -0.3 is 20.3 Å². The molecular weight excluding hydrogens is 366 g/mol. The third-order valence-electron chi connectivity index (χ3n) is 4.92. The molecule has 1 fully saturated rings. The first kappa shape index (κ1) is 19.0. The van der Waals surface area contributed by atoms with Gasteiger partial charge in [0.25, 0.3) is 5.91 Å². The fourth-order valence-electron chi connectivity index (χ4n) is 3.33. The van der Waals surface area contributed by atoms with Crippen molar-refractivity contribution < 1.29 is 14.3 Å². The summed E-state index contributed by atoms with van der Waals surface area (Å²) in [5.41, 5.74) is 2.19. The lowest BCUT2D eigenvalue weighted by Crippen LogP contribution is -2.40. The average molecular weight is 389 g/mol. The molecule has 3 aromatic carbocycles. The number of anilines is 2. The number of carbonyl (C=O) groups excluding carboxylic acids is 2. The maximum absolute atomic E-state index is 12.5. The summed E-state index contributed by atoms with van der Waals surface area (Å²) < 4.78 is 5.28. The molecule has 0 bridgehead atoms. The van der Waals surface area contributed by atoms with Crippen LogP contribution in [0.5, 0.6) is 0 Å². The molecule has 0 aromatic heterocycles. The Kier molecular flexibility index (Phi) is 5.72. The van der Waals surface area contributed by atoms with E-state index in [2.05, 4.69) is 10.6 Å². The molecule has 1 aliphatic heterocycles. The number of hydrogen-bond acceptors (Lipinski definition) is 4. The smallest absolute Gasteiger partial charge is 0.254 e. The Morgan fingerprint density at radius 3 is 2.31 bits per heavy atom. The van der Waals surface area contributed by atoms with Crippen LogP contribution in [0.3, 0.4) is 0 Å². The molecule has 4 rings (SSSR count). The van der Waals surface area contributed by atoms with Gasteiger partial charge in [0, 0.05) is 30.0 Å². The molecular formula is C23H23N3O3. The van der Waals surface area contributed by atoms with Crippen molar-refractivity contribution >= 4 is 34.0 Å². The van der Waals surface area contributed by atoms with Gasteiger partial charge >= 0.3 is 0 Å². The molecule has 29 heavy (non-hydrogen) atoms.